The first-order valence-corrected chi connectivity index (χ1v) is 12.3. The summed E-state index contributed by atoms with van der Waals surface area (Å²) in [5.41, 5.74) is 1.000. The molecule has 1 saturated heterocycles. The predicted molar refractivity (Wildman–Crippen MR) is 115 cm³/mol. The molecule has 0 aromatic heterocycles. The van der Waals surface area contributed by atoms with E-state index in [2.05, 4.69) is 31.9 Å². The van der Waals surface area contributed by atoms with E-state index >= 15 is 0 Å². The standard InChI is InChI=1S/C22H23Br2NO4/c23-18-14-10-15(19(18)24)17-16(14)20(26)25(21(17)27)12-8-6-11(7-9-12)22(28)29-13-4-2-1-3-5-13/h6-9,13-19H,1-5,10H2/t14-,15+,16-,17+,18-,19+. The number of alkyl halides is 2. The molecule has 154 valence electrons. The highest BCUT2D eigenvalue weighted by Crippen LogP contribution is 2.60. The smallest absolute Gasteiger partial charge is 0.338 e. The molecule has 0 spiro atoms. The minimum absolute atomic E-state index is 0.00177. The van der Waals surface area contributed by atoms with E-state index in [4.69, 9.17) is 4.74 Å². The van der Waals surface area contributed by atoms with Gasteiger partial charge in [0.1, 0.15) is 6.10 Å². The lowest BCUT2D eigenvalue weighted by Crippen LogP contribution is -2.37. The van der Waals surface area contributed by atoms with Crippen LogP contribution in [-0.4, -0.2) is 33.5 Å². The summed E-state index contributed by atoms with van der Waals surface area (Å²) in [5, 5.41) is 0. The molecule has 6 atom stereocenters. The number of halogens is 2. The lowest BCUT2D eigenvalue weighted by molar-refractivity contribution is -0.123. The van der Waals surface area contributed by atoms with Gasteiger partial charge in [0.15, 0.2) is 0 Å². The van der Waals surface area contributed by atoms with Crippen molar-refractivity contribution in [2.45, 2.75) is 54.3 Å². The Balaban J connectivity index is 1.32. The van der Waals surface area contributed by atoms with Crippen molar-refractivity contribution < 1.29 is 19.1 Å². The third-order valence-electron chi connectivity index (χ3n) is 7.17. The number of fused-ring (bicyclic) bond motifs is 5. The molecule has 1 aromatic carbocycles. The van der Waals surface area contributed by atoms with E-state index < -0.39 is 0 Å². The zero-order valence-corrected chi connectivity index (χ0v) is 19.1. The maximum Gasteiger partial charge on any atom is 0.338 e. The molecular formula is C22H23Br2NO4. The van der Waals surface area contributed by atoms with Crippen LogP contribution in [-0.2, 0) is 14.3 Å². The molecule has 1 heterocycles. The Kier molecular flexibility index (Phi) is 5.09. The van der Waals surface area contributed by atoms with Crippen molar-refractivity contribution >= 4 is 55.3 Å². The fourth-order valence-corrected chi connectivity index (χ4v) is 7.63. The van der Waals surface area contributed by atoms with Gasteiger partial charge in [-0.1, -0.05) is 38.3 Å². The summed E-state index contributed by atoms with van der Waals surface area (Å²) in [4.78, 5) is 40.4. The number of ether oxygens (including phenoxy) is 1. The van der Waals surface area contributed by atoms with Crippen molar-refractivity contribution in [2.75, 3.05) is 4.90 Å². The second kappa shape index (κ2) is 7.49. The SMILES string of the molecule is O=C(OC1CCCCC1)c1ccc(N2C(=O)[C@@H]3[C@H]4C[C@H]([C@H](Br)[C@@H]4Br)[C@@H]3C2=O)cc1. The van der Waals surface area contributed by atoms with Gasteiger partial charge in [-0.25, -0.2) is 4.79 Å². The molecule has 3 saturated carbocycles. The van der Waals surface area contributed by atoms with Gasteiger partial charge in [0.05, 0.1) is 23.1 Å². The van der Waals surface area contributed by atoms with E-state index in [1.54, 1.807) is 24.3 Å². The Morgan fingerprint density at radius 2 is 1.45 bits per heavy atom. The Hall–Kier alpha value is -1.21. The first kappa shape index (κ1) is 19.7. The second-order valence-corrected chi connectivity index (χ2v) is 10.8. The predicted octanol–water partition coefficient (Wildman–Crippen LogP) is 4.46. The van der Waals surface area contributed by atoms with Gasteiger partial charge in [-0.2, -0.15) is 0 Å². The summed E-state index contributed by atoms with van der Waals surface area (Å²) in [6.45, 7) is 0. The van der Waals surface area contributed by atoms with Crippen molar-refractivity contribution in [2.24, 2.45) is 23.7 Å². The van der Waals surface area contributed by atoms with Crippen molar-refractivity contribution in [3.63, 3.8) is 0 Å². The monoisotopic (exact) mass is 523 g/mol. The summed E-state index contributed by atoms with van der Waals surface area (Å²) in [7, 11) is 0. The van der Waals surface area contributed by atoms with Crippen LogP contribution in [0.5, 0.6) is 0 Å². The van der Waals surface area contributed by atoms with Gasteiger partial charge in [0.25, 0.3) is 0 Å². The third-order valence-corrected chi connectivity index (χ3v) is 10.4. The van der Waals surface area contributed by atoms with E-state index in [-0.39, 0.29) is 57.2 Å². The summed E-state index contributed by atoms with van der Waals surface area (Å²) in [5.74, 6) is -0.617. The molecule has 2 bridgehead atoms. The van der Waals surface area contributed by atoms with Crippen LogP contribution in [0.25, 0.3) is 0 Å². The van der Waals surface area contributed by atoms with Gasteiger partial charge in [-0.3, -0.25) is 14.5 Å². The van der Waals surface area contributed by atoms with Crippen LogP contribution in [0, 0.1) is 23.7 Å². The zero-order chi connectivity index (χ0) is 20.3. The molecule has 3 aliphatic carbocycles. The molecule has 4 aliphatic rings. The summed E-state index contributed by atoms with van der Waals surface area (Å²) in [6.07, 6.45) is 6.18. The Morgan fingerprint density at radius 3 is 2.00 bits per heavy atom. The number of hydrogen-bond donors (Lipinski definition) is 0. The van der Waals surface area contributed by atoms with Crippen molar-refractivity contribution in [3.8, 4) is 0 Å². The number of nitrogens with zero attached hydrogens (tertiary/aromatic N) is 1. The lowest BCUT2D eigenvalue weighted by Gasteiger charge is -2.28. The average molecular weight is 525 g/mol. The van der Waals surface area contributed by atoms with Crippen molar-refractivity contribution in [3.05, 3.63) is 29.8 Å². The molecule has 1 aliphatic heterocycles. The number of benzene rings is 1. The Morgan fingerprint density at radius 1 is 0.897 bits per heavy atom. The highest BCUT2D eigenvalue weighted by atomic mass is 79.9. The average Bonchev–Trinajstić information content (AvgIpc) is 3.34. The zero-order valence-electron chi connectivity index (χ0n) is 15.9. The van der Waals surface area contributed by atoms with E-state index in [0.29, 0.717) is 11.3 Å². The number of anilines is 1. The van der Waals surface area contributed by atoms with Crippen LogP contribution in [0.3, 0.4) is 0 Å². The molecule has 5 rings (SSSR count). The first-order valence-electron chi connectivity index (χ1n) is 10.4. The molecule has 2 amide bonds. The van der Waals surface area contributed by atoms with Crippen LogP contribution < -0.4 is 4.90 Å². The number of imide groups is 1. The topological polar surface area (TPSA) is 63.7 Å². The molecule has 0 N–H and O–H groups in total. The van der Waals surface area contributed by atoms with Crippen LogP contribution in [0.1, 0.15) is 48.9 Å². The largest absolute Gasteiger partial charge is 0.459 e. The normalized spacial score (nSPS) is 36.6. The van der Waals surface area contributed by atoms with Crippen LogP contribution in [0.2, 0.25) is 0 Å². The number of carbonyl (C=O) groups excluding carboxylic acids is 3. The highest BCUT2D eigenvalue weighted by Gasteiger charge is 2.66. The number of rotatable bonds is 3. The van der Waals surface area contributed by atoms with Crippen molar-refractivity contribution in [1.82, 2.24) is 0 Å². The molecular weight excluding hydrogens is 502 g/mol. The Labute approximate surface area is 186 Å². The minimum atomic E-state index is -0.332. The second-order valence-electron chi connectivity index (χ2n) is 8.73. The van der Waals surface area contributed by atoms with Crippen LogP contribution >= 0.6 is 31.9 Å². The summed E-state index contributed by atoms with van der Waals surface area (Å²) >= 11 is 7.41. The van der Waals surface area contributed by atoms with E-state index in [0.717, 1.165) is 32.1 Å². The molecule has 0 unspecified atom stereocenters. The number of amides is 2. The fraction of sp³-hybridized carbons (Fsp3) is 0.591. The summed E-state index contributed by atoms with van der Waals surface area (Å²) < 4.78 is 5.61. The van der Waals surface area contributed by atoms with Gasteiger partial charge in [0.2, 0.25) is 11.8 Å². The number of esters is 1. The molecule has 5 nitrogen and oxygen atoms in total. The van der Waals surface area contributed by atoms with E-state index in [9.17, 15) is 14.4 Å². The van der Waals surface area contributed by atoms with E-state index in [1.165, 1.54) is 11.3 Å². The van der Waals surface area contributed by atoms with E-state index in [1.807, 2.05) is 0 Å². The van der Waals surface area contributed by atoms with Gasteiger partial charge < -0.3 is 4.74 Å². The van der Waals surface area contributed by atoms with Crippen LogP contribution in [0.4, 0.5) is 5.69 Å². The minimum Gasteiger partial charge on any atom is -0.459 e. The maximum absolute atomic E-state index is 13.1. The van der Waals surface area contributed by atoms with Gasteiger partial charge in [0, 0.05) is 9.65 Å². The fourth-order valence-electron chi connectivity index (χ4n) is 5.75. The third kappa shape index (κ3) is 3.11. The number of hydrogen-bond acceptors (Lipinski definition) is 4. The van der Waals surface area contributed by atoms with Gasteiger partial charge in [-0.05, 0) is 68.2 Å². The van der Waals surface area contributed by atoms with Crippen LogP contribution in [0.15, 0.2) is 24.3 Å². The Bertz CT molecular complexity index is 819. The molecule has 29 heavy (non-hydrogen) atoms. The molecule has 1 aromatic rings. The highest BCUT2D eigenvalue weighted by molar-refractivity contribution is 9.12. The quantitative estimate of drug-likeness (QED) is 0.333. The lowest BCUT2D eigenvalue weighted by atomic mass is 9.81. The molecule has 0 radical (unpaired) electrons. The van der Waals surface area contributed by atoms with Gasteiger partial charge >= 0.3 is 5.97 Å². The number of carbonyl (C=O) groups is 3. The maximum atomic E-state index is 13.1. The molecule has 7 heteroatoms. The van der Waals surface area contributed by atoms with Gasteiger partial charge in [-0.15, -0.1) is 0 Å². The first-order chi connectivity index (χ1) is 14.0. The summed E-state index contributed by atoms with van der Waals surface area (Å²) in [6, 6.07) is 6.69. The van der Waals surface area contributed by atoms with Crippen molar-refractivity contribution in [1.29, 1.82) is 0 Å². The molecule has 4 fully saturated rings.